The Balaban J connectivity index is 0.867. The van der Waals surface area contributed by atoms with E-state index < -0.39 is 21.9 Å². The van der Waals surface area contributed by atoms with E-state index in [2.05, 4.69) is 47.1 Å². The molecule has 7 rings (SSSR count). The smallest absolute Gasteiger partial charge is 0.253 e. The van der Waals surface area contributed by atoms with E-state index in [1.807, 2.05) is 36.4 Å². The van der Waals surface area contributed by atoms with Crippen LogP contribution in [-0.2, 0) is 24.4 Å². The van der Waals surface area contributed by atoms with Gasteiger partial charge in [0.15, 0.2) is 0 Å². The lowest BCUT2D eigenvalue weighted by Crippen LogP contribution is -2.46. The van der Waals surface area contributed by atoms with Crippen molar-refractivity contribution in [3.05, 3.63) is 102 Å². The minimum absolute atomic E-state index is 0.0211. The van der Waals surface area contributed by atoms with Crippen LogP contribution in [0, 0.1) is 11.8 Å². The zero-order valence-electron chi connectivity index (χ0n) is 37.2. The van der Waals surface area contributed by atoms with E-state index in [9.17, 15) is 27.6 Å². The zero-order valence-corrected chi connectivity index (χ0v) is 38.0. The Morgan fingerprint density at radius 2 is 1.05 bits per heavy atom. The lowest BCUT2D eigenvalue weighted by molar-refractivity contribution is -0.133. The number of hydrogen-bond donors (Lipinski definition) is 3. The zero-order chi connectivity index (χ0) is 44.2. The van der Waals surface area contributed by atoms with Gasteiger partial charge in [-0.3, -0.25) is 19.2 Å². The van der Waals surface area contributed by atoms with Gasteiger partial charge in [-0.2, -0.15) is 4.31 Å². The second-order valence-corrected chi connectivity index (χ2v) is 20.5. The van der Waals surface area contributed by atoms with Crippen LogP contribution in [0.1, 0.15) is 149 Å². The summed E-state index contributed by atoms with van der Waals surface area (Å²) in [4.78, 5) is 56.0. The number of carbonyl (C=O) groups is 4. The van der Waals surface area contributed by atoms with Gasteiger partial charge in [0.1, 0.15) is 0 Å². The SMILES string of the molecule is CCCCCCCCCCCCCCC(=O)NC1CCN(S(=O)(=O)c2ccc(C(=O)N3C[C@@H](C(=O)N[C@H]4C[C@@H]4c4ccccc4)[C@H](C(=O)N[C@H]4C[C@@H]4c4ccccc4)C3)cc2)CC1. The normalized spacial score (nSPS) is 23.5. The van der Waals surface area contributed by atoms with Crippen molar-refractivity contribution in [2.75, 3.05) is 26.2 Å². The van der Waals surface area contributed by atoms with Gasteiger partial charge < -0.3 is 20.9 Å². The third-order valence-corrected chi connectivity index (χ3v) is 15.7. The summed E-state index contributed by atoms with van der Waals surface area (Å²) < 4.78 is 28.8. The molecule has 2 saturated carbocycles. The summed E-state index contributed by atoms with van der Waals surface area (Å²) in [5, 5.41) is 9.47. The van der Waals surface area contributed by atoms with E-state index in [0.717, 1.165) is 32.1 Å². The Labute approximate surface area is 375 Å². The summed E-state index contributed by atoms with van der Waals surface area (Å²) >= 11 is 0. The molecule has 2 aliphatic carbocycles. The minimum atomic E-state index is -3.82. The van der Waals surface area contributed by atoms with Crippen molar-refractivity contribution >= 4 is 33.7 Å². The van der Waals surface area contributed by atoms with Gasteiger partial charge in [-0.05, 0) is 67.5 Å². The number of carbonyl (C=O) groups excluding carboxylic acids is 4. The van der Waals surface area contributed by atoms with Crippen molar-refractivity contribution in [1.29, 1.82) is 0 Å². The molecule has 11 nitrogen and oxygen atoms in total. The first-order valence-corrected chi connectivity index (χ1v) is 25.5. The minimum Gasteiger partial charge on any atom is -0.353 e. The van der Waals surface area contributed by atoms with Crippen molar-refractivity contribution in [3.8, 4) is 0 Å². The van der Waals surface area contributed by atoms with Gasteiger partial charge in [-0.25, -0.2) is 8.42 Å². The number of likely N-dealkylation sites (tertiary alicyclic amines) is 1. The number of nitrogens with zero attached hydrogens (tertiary/aromatic N) is 2. The maximum atomic E-state index is 14.0. The molecule has 0 bridgehead atoms. The summed E-state index contributed by atoms with van der Waals surface area (Å²) in [6.45, 7) is 3.02. The number of hydrogen-bond acceptors (Lipinski definition) is 6. The standard InChI is InChI=1S/C51H69N5O6S/c1-2-3-4-5-6-7-8-9-10-11-12-19-24-48(57)52-40-29-31-56(32-30-40)63(61,62)41-27-25-39(26-28-41)51(60)55-35-44(49(58)53-46-33-42(46)37-20-15-13-16-21-37)45(36-55)50(59)54-47-34-43(47)38-22-17-14-18-23-38/h13-18,20-23,25-28,40,42-47H,2-12,19,24,29-36H2,1H3,(H,52,57)(H,53,58)(H,54,59)/t42-,43-,44-,45-,46+,47+/m1/s1. The van der Waals surface area contributed by atoms with E-state index in [-0.39, 0.29) is 71.6 Å². The third-order valence-electron chi connectivity index (χ3n) is 13.8. The molecule has 0 radical (unpaired) electrons. The van der Waals surface area contributed by atoms with Crippen molar-refractivity contribution in [1.82, 2.24) is 25.2 Å². The molecule has 2 saturated heterocycles. The number of benzene rings is 3. The lowest BCUT2D eigenvalue weighted by Gasteiger charge is -2.31. The lowest BCUT2D eigenvalue weighted by atomic mass is 9.94. The van der Waals surface area contributed by atoms with Crippen LogP contribution in [0.5, 0.6) is 0 Å². The molecular formula is C51H69N5O6S. The highest BCUT2D eigenvalue weighted by Crippen LogP contribution is 2.43. The fourth-order valence-electron chi connectivity index (χ4n) is 9.69. The Morgan fingerprint density at radius 1 is 0.587 bits per heavy atom. The number of unbranched alkanes of at least 4 members (excludes halogenated alkanes) is 11. The molecule has 0 aromatic heterocycles. The molecule has 6 atom stereocenters. The van der Waals surface area contributed by atoms with Crippen LogP contribution >= 0.6 is 0 Å². The molecule has 3 aromatic rings. The number of rotatable bonds is 23. The van der Waals surface area contributed by atoms with E-state index >= 15 is 0 Å². The average Bonchev–Trinajstić information content (AvgIpc) is 4.21. The molecule has 0 spiro atoms. The number of sulfonamides is 1. The van der Waals surface area contributed by atoms with Gasteiger partial charge in [0.05, 0.1) is 16.7 Å². The molecular weight excluding hydrogens is 811 g/mol. The highest BCUT2D eigenvalue weighted by Gasteiger charge is 2.49. The van der Waals surface area contributed by atoms with E-state index in [1.165, 1.54) is 97.5 Å². The van der Waals surface area contributed by atoms with Crippen molar-refractivity contribution in [2.24, 2.45) is 11.8 Å². The molecule has 12 heteroatoms. The van der Waals surface area contributed by atoms with E-state index in [4.69, 9.17) is 0 Å². The molecule has 4 aliphatic rings. The molecule has 340 valence electrons. The molecule has 63 heavy (non-hydrogen) atoms. The Hall–Kier alpha value is -4.55. The van der Waals surface area contributed by atoms with Gasteiger partial charge >= 0.3 is 0 Å². The molecule has 4 amide bonds. The molecule has 4 fully saturated rings. The van der Waals surface area contributed by atoms with Gasteiger partial charge in [0.2, 0.25) is 27.7 Å². The van der Waals surface area contributed by atoms with E-state index in [1.54, 1.807) is 4.90 Å². The first-order chi connectivity index (χ1) is 30.6. The second-order valence-electron chi connectivity index (χ2n) is 18.6. The van der Waals surface area contributed by atoms with Gasteiger partial charge in [-0.15, -0.1) is 0 Å². The average molecular weight is 880 g/mol. The number of nitrogens with one attached hydrogen (secondary N) is 3. The second kappa shape index (κ2) is 22.4. The number of amides is 4. The fourth-order valence-corrected chi connectivity index (χ4v) is 11.2. The van der Waals surface area contributed by atoms with Crippen LogP contribution in [-0.4, -0.2) is 85.6 Å². The number of piperidine rings is 1. The van der Waals surface area contributed by atoms with Crippen molar-refractivity contribution in [2.45, 2.75) is 151 Å². The third kappa shape index (κ3) is 12.8. The van der Waals surface area contributed by atoms with Crippen LogP contribution in [0.2, 0.25) is 0 Å². The maximum absolute atomic E-state index is 14.0. The predicted octanol–water partition coefficient (Wildman–Crippen LogP) is 8.08. The van der Waals surface area contributed by atoms with E-state index in [0.29, 0.717) is 37.9 Å². The Bertz CT molecular complexity index is 2000. The molecule has 3 aromatic carbocycles. The highest BCUT2D eigenvalue weighted by atomic mass is 32.2. The largest absolute Gasteiger partial charge is 0.353 e. The first-order valence-electron chi connectivity index (χ1n) is 24.0. The molecule has 3 N–H and O–H groups in total. The molecule has 2 aliphatic heterocycles. The monoisotopic (exact) mass is 879 g/mol. The summed E-state index contributed by atoms with van der Waals surface area (Å²) in [5.74, 6) is -1.76. The summed E-state index contributed by atoms with van der Waals surface area (Å²) in [5.41, 5.74) is 2.63. The Kier molecular flexibility index (Phi) is 16.5. The summed E-state index contributed by atoms with van der Waals surface area (Å²) in [6, 6.07) is 26.0. The maximum Gasteiger partial charge on any atom is 0.253 e. The predicted molar refractivity (Wildman–Crippen MR) is 246 cm³/mol. The van der Waals surface area contributed by atoms with Gasteiger partial charge in [-0.1, -0.05) is 138 Å². The quantitative estimate of drug-likeness (QED) is 0.0822. The van der Waals surface area contributed by atoms with Crippen LogP contribution < -0.4 is 16.0 Å². The highest BCUT2D eigenvalue weighted by molar-refractivity contribution is 7.89. The molecule has 0 unspecified atom stereocenters. The summed E-state index contributed by atoms with van der Waals surface area (Å²) in [7, 11) is -3.82. The summed E-state index contributed by atoms with van der Waals surface area (Å²) in [6.07, 6.45) is 18.2. The van der Waals surface area contributed by atoms with Crippen LogP contribution in [0.15, 0.2) is 89.8 Å². The van der Waals surface area contributed by atoms with Crippen LogP contribution in [0.4, 0.5) is 0 Å². The van der Waals surface area contributed by atoms with Gasteiger partial charge in [0, 0.05) is 68.1 Å². The topological polar surface area (TPSA) is 145 Å². The fraction of sp³-hybridized carbons (Fsp3) is 0.569. The van der Waals surface area contributed by atoms with Gasteiger partial charge in [0.25, 0.3) is 5.91 Å². The van der Waals surface area contributed by atoms with Crippen molar-refractivity contribution in [3.63, 3.8) is 0 Å². The van der Waals surface area contributed by atoms with Crippen LogP contribution in [0.3, 0.4) is 0 Å². The Morgan fingerprint density at radius 3 is 1.52 bits per heavy atom. The molecule has 2 heterocycles. The van der Waals surface area contributed by atoms with Crippen molar-refractivity contribution < 1.29 is 27.6 Å². The van der Waals surface area contributed by atoms with Crippen LogP contribution in [0.25, 0.3) is 0 Å². The first kappa shape index (κ1) is 46.4.